The van der Waals surface area contributed by atoms with Crippen molar-refractivity contribution < 1.29 is 33.4 Å². The molecule has 0 N–H and O–H groups in total. The zero-order valence-corrected chi connectivity index (χ0v) is 16.4. The van der Waals surface area contributed by atoms with Gasteiger partial charge in [-0.1, -0.05) is 32.6 Å². The topological polar surface area (TPSA) is 96.0 Å². The quantitative estimate of drug-likeness (QED) is 0.234. The van der Waals surface area contributed by atoms with Crippen LogP contribution in [0.1, 0.15) is 40.0 Å². The lowest BCUT2D eigenvalue weighted by atomic mass is 9.87. The molecule has 0 radical (unpaired) electrons. The summed E-state index contributed by atoms with van der Waals surface area (Å²) in [5.41, 5.74) is 1.39. The molecule has 28 heavy (non-hydrogen) atoms. The maximum atomic E-state index is 12.1. The van der Waals surface area contributed by atoms with Crippen LogP contribution >= 0.6 is 0 Å². The van der Waals surface area contributed by atoms with Gasteiger partial charge in [-0.05, 0) is 12.0 Å². The number of esters is 3. The van der Waals surface area contributed by atoms with Crippen LogP contribution in [0.15, 0.2) is 35.5 Å². The summed E-state index contributed by atoms with van der Waals surface area (Å²) in [5, 5.41) is 0. The third-order valence-corrected chi connectivity index (χ3v) is 4.82. The van der Waals surface area contributed by atoms with Crippen LogP contribution in [0.2, 0.25) is 0 Å². The van der Waals surface area contributed by atoms with Crippen LogP contribution < -0.4 is 0 Å². The van der Waals surface area contributed by atoms with Gasteiger partial charge < -0.3 is 14.2 Å². The van der Waals surface area contributed by atoms with Crippen LogP contribution in [0.25, 0.3) is 0 Å². The largest absolute Gasteiger partial charge is 0.461 e. The molecule has 2 rings (SSSR count). The van der Waals surface area contributed by atoms with Crippen molar-refractivity contribution in [1.82, 2.24) is 0 Å². The van der Waals surface area contributed by atoms with Crippen molar-refractivity contribution >= 4 is 24.2 Å². The van der Waals surface area contributed by atoms with Crippen LogP contribution in [-0.2, 0) is 33.4 Å². The van der Waals surface area contributed by atoms with Crippen LogP contribution in [-0.4, -0.2) is 43.0 Å². The summed E-state index contributed by atoms with van der Waals surface area (Å²) in [6.07, 6.45) is 3.97. The molecule has 0 aromatic rings. The molecular formula is C21H26O7. The van der Waals surface area contributed by atoms with Crippen molar-refractivity contribution in [2.24, 2.45) is 11.8 Å². The first-order valence-corrected chi connectivity index (χ1v) is 9.29. The zero-order chi connectivity index (χ0) is 20.8. The van der Waals surface area contributed by atoms with Crippen molar-refractivity contribution in [3.8, 4) is 0 Å². The molecule has 1 heterocycles. The summed E-state index contributed by atoms with van der Waals surface area (Å²) in [6, 6.07) is 0. The number of ether oxygens (including phenoxy) is 3. The summed E-state index contributed by atoms with van der Waals surface area (Å²) in [4.78, 5) is 46.8. The predicted molar refractivity (Wildman–Crippen MR) is 99.9 cm³/mol. The molecule has 152 valence electrons. The molecule has 0 aromatic carbocycles. The normalized spacial score (nSPS) is 28.9. The average Bonchev–Trinajstić information content (AvgIpc) is 2.90. The second-order valence-corrected chi connectivity index (χ2v) is 7.29. The van der Waals surface area contributed by atoms with Gasteiger partial charge in [0.2, 0.25) is 0 Å². The van der Waals surface area contributed by atoms with E-state index >= 15 is 0 Å². The minimum absolute atomic E-state index is 0.0473. The van der Waals surface area contributed by atoms with E-state index in [1.54, 1.807) is 19.9 Å². The van der Waals surface area contributed by atoms with Crippen LogP contribution in [0.3, 0.4) is 0 Å². The van der Waals surface area contributed by atoms with Crippen molar-refractivity contribution in [3.63, 3.8) is 0 Å². The Bertz CT molecular complexity index is 729. The Morgan fingerprint density at radius 3 is 2.64 bits per heavy atom. The van der Waals surface area contributed by atoms with Gasteiger partial charge in [0, 0.05) is 36.8 Å². The van der Waals surface area contributed by atoms with Gasteiger partial charge in [0.15, 0.2) is 0 Å². The minimum atomic E-state index is -0.674. The molecule has 7 heteroatoms. The highest BCUT2D eigenvalue weighted by atomic mass is 16.6. The van der Waals surface area contributed by atoms with E-state index in [4.69, 9.17) is 14.2 Å². The maximum Gasteiger partial charge on any atom is 0.334 e. The van der Waals surface area contributed by atoms with Gasteiger partial charge in [-0.2, -0.15) is 0 Å². The second-order valence-electron chi connectivity index (χ2n) is 7.29. The van der Waals surface area contributed by atoms with Gasteiger partial charge in [0.25, 0.3) is 0 Å². The van der Waals surface area contributed by atoms with Crippen LogP contribution in [0.5, 0.6) is 0 Å². The first-order valence-electron chi connectivity index (χ1n) is 9.29. The molecule has 0 saturated carbocycles. The third kappa shape index (κ3) is 5.41. The van der Waals surface area contributed by atoms with E-state index in [0.717, 1.165) is 0 Å². The SMILES string of the molecule is C=C1C(=O)O[C@H]2C/C(C=O)=C\C[C@H](OC(=O)C(C)C)/C(COC(C)=O)=C/C[C@H]12. The predicted octanol–water partition coefficient (Wildman–Crippen LogP) is 2.45. The summed E-state index contributed by atoms with van der Waals surface area (Å²) >= 11 is 0. The second kappa shape index (κ2) is 9.48. The Balaban J connectivity index is 2.38. The Morgan fingerprint density at radius 1 is 1.32 bits per heavy atom. The number of allylic oxidation sites excluding steroid dienone is 1. The summed E-state index contributed by atoms with van der Waals surface area (Å²) in [5.74, 6) is -1.96. The fraction of sp³-hybridized carbons (Fsp3) is 0.524. The van der Waals surface area contributed by atoms with Crippen molar-refractivity contribution in [2.75, 3.05) is 6.61 Å². The molecule has 0 aromatic heterocycles. The van der Waals surface area contributed by atoms with Crippen molar-refractivity contribution in [2.45, 2.75) is 52.2 Å². The third-order valence-electron chi connectivity index (χ3n) is 4.82. The lowest BCUT2D eigenvalue weighted by Crippen LogP contribution is -2.27. The molecule has 1 aliphatic heterocycles. The number of carbonyl (C=O) groups excluding carboxylic acids is 4. The summed E-state index contributed by atoms with van der Waals surface area (Å²) in [6.45, 7) is 8.50. The lowest BCUT2D eigenvalue weighted by molar-refractivity contribution is -0.151. The van der Waals surface area contributed by atoms with Crippen molar-refractivity contribution in [3.05, 3.63) is 35.5 Å². The Labute approximate surface area is 164 Å². The molecule has 0 amide bonds. The number of hydrogen-bond acceptors (Lipinski definition) is 7. The Kier molecular flexibility index (Phi) is 7.31. The summed E-state index contributed by atoms with van der Waals surface area (Å²) in [7, 11) is 0. The van der Waals surface area contributed by atoms with Crippen LogP contribution in [0.4, 0.5) is 0 Å². The standard InChI is InChI=1S/C21H26O7/c1-12(2)20(24)27-18-8-5-15(10-22)9-19-17(13(3)21(25)28-19)7-6-16(18)11-26-14(4)23/h5-6,10,12,17-19H,3,7-9,11H2,1-2,4H3/b15-5+,16-6+/t17-,18+,19+/m1/s1. The van der Waals surface area contributed by atoms with Gasteiger partial charge >= 0.3 is 17.9 Å². The van der Waals surface area contributed by atoms with E-state index in [1.807, 2.05) is 6.08 Å². The monoisotopic (exact) mass is 390 g/mol. The van der Waals surface area contributed by atoms with Gasteiger partial charge in [0.05, 0.1) is 5.92 Å². The first kappa shape index (κ1) is 21.6. The average molecular weight is 390 g/mol. The first-order chi connectivity index (χ1) is 13.2. The van der Waals surface area contributed by atoms with E-state index in [0.29, 0.717) is 29.4 Å². The molecule has 1 saturated heterocycles. The van der Waals surface area contributed by atoms with Gasteiger partial charge in [-0.25, -0.2) is 4.79 Å². The van der Waals surface area contributed by atoms with Gasteiger partial charge in [-0.3, -0.25) is 14.4 Å². The minimum Gasteiger partial charge on any atom is -0.461 e. The molecule has 7 nitrogen and oxygen atoms in total. The molecule has 1 fully saturated rings. The number of rotatable bonds is 5. The highest BCUT2D eigenvalue weighted by Gasteiger charge is 2.38. The molecule has 0 unspecified atom stereocenters. The highest BCUT2D eigenvalue weighted by Crippen LogP contribution is 2.35. The zero-order valence-electron chi connectivity index (χ0n) is 16.4. The van der Waals surface area contributed by atoms with E-state index in [1.165, 1.54) is 6.92 Å². The fourth-order valence-corrected chi connectivity index (χ4v) is 3.12. The maximum absolute atomic E-state index is 12.1. The van der Waals surface area contributed by atoms with Crippen molar-refractivity contribution in [1.29, 1.82) is 0 Å². The highest BCUT2D eigenvalue weighted by molar-refractivity contribution is 5.91. The molecular weight excluding hydrogens is 364 g/mol. The number of hydrogen-bond donors (Lipinski definition) is 0. The molecule has 1 aliphatic carbocycles. The number of fused-ring (bicyclic) bond motifs is 1. The molecule has 2 aliphatic rings. The van der Waals surface area contributed by atoms with Gasteiger partial charge in [-0.15, -0.1) is 0 Å². The Hall–Kier alpha value is -2.70. The fourth-order valence-electron chi connectivity index (χ4n) is 3.12. The Morgan fingerprint density at radius 2 is 2.04 bits per heavy atom. The number of carbonyl (C=O) groups is 4. The van der Waals surface area contributed by atoms with E-state index < -0.39 is 30.1 Å². The number of aldehydes is 1. The van der Waals surface area contributed by atoms with Crippen LogP contribution in [0, 0.1) is 11.8 Å². The molecule has 0 spiro atoms. The molecule has 0 bridgehead atoms. The lowest BCUT2D eigenvalue weighted by Gasteiger charge is -2.24. The smallest absolute Gasteiger partial charge is 0.334 e. The summed E-state index contributed by atoms with van der Waals surface area (Å²) < 4.78 is 16.1. The van der Waals surface area contributed by atoms with E-state index in [2.05, 4.69) is 6.58 Å². The van der Waals surface area contributed by atoms with Gasteiger partial charge in [0.1, 0.15) is 25.1 Å². The molecule has 3 atom stereocenters. The van der Waals surface area contributed by atoms with E-state index in [-0.39, 0.29) is 31.3 Å². The van der Waals surface area contributed by atoms with E-state index in [9.17, 15) is 19.2 Å².